The van der Waals surface area contributed by atoms with Crippen LogP contribution in [0.15, 0.2) is 41.3 Å². The number of benzene rings is 2. The van der Waals surface area contributed by atoms with Gasteiger partial charge < -0.3 is 5.11 Å². The number of sulfonamides is 1. The molecule has 1 atom stereocenters. The number of hydrogen-bond acceptors (Lipinski definition) is 3. The van der Waals surface area contributed by atoms with E-state index in [0.29, 0.717) is 15.1 Å². The van der Waals surface area contributed by atoms with E-state index in [-0.39, 0.29) is 10.6 Å². The molecular formula is C13H10F3NO3S. The van der Waals surface area contributed by atoms with E-state index in [1.165, 1.54) is 18.2 Å². The van der Waals surface area contributed by atoms with Crippen LogP contribution in [0.4, 0.5) is 18.9 Å². The van der Waals surface area contributed by atoms with Crippen LogP contribution in [0.2, 0.25) is 0 Å². The molecule has 0 aromatic heterocycles. The van der Waals surface area contributed by atoms with Crippen molar-refractivity contribution in [2.75, 3.05) is 10.8 Å². The van der Waals surface area contributed by atoms with Crippen LogP contribution in [0.3, 0.4) is 0 Å². The van der Waals surface area contributed by atoms with Crippen molar-refractivity contribution in [1.82, 2.24) is 0 Å². The Bertz CT molecular complexity index is 812. The SMILES string of the molecule is O=S1(=O)c2cccc3cccc(c23)N1C[C@H](O)C(F)(F)F. The van der Waals surface area contributed by atoms with Crippen molar-refractivity contribution in [2.45, 2.75) is 17.2 Å². The van der Waals surface area contributed by atoms with Crippen molar-refractivity contribution in [2.24, 2.45) is 0 Å². The molecule has 8 heteroatoms. The molecular weight excluding hydrogens is 307 g/mol. The summed E-state index contributed by atoms with van der Waals surface area (Å²) >= 11 is 0. The third-order valence-corrected chi connectivity index (χ3v) is 5.22. The average molecular weight is 317 g/mol. The van der Waals surface area contributed by atoms with E-state index >= 15 is 0 Å². The van der Waals surface area contributed by atoms with Crippen molar-refractivity contribution in [1.29, 1.82) is 0 Å². The van der Waals surface area contributed by atoms with E-state index < -0.39 is 28.8 Å². The summed E-state index contributed by atoms with van der Waals surface area (Å²) in [5.41, 5.74) is 0.159. The van der Waals surface area contributed by atoms with Gasteiger partial charge in [-0.3, -0.25) is 4.31 Å². The second-order valence-electron chi connectivity index (χ2n) is 4.72. The Morgan fingerprint density at radius 1 is 1.14 bits per heavy atom. The lowest BCUT2D eigenvalue weighted by atomic mass is 10.1. The third-order valence-electron chi connectivity index (χ3n) is 3.40. The zero-order valence-corrected chi connectivity index (χ0v) is 11.3. The Morgan fingerprint density at radius 2 is 1.76 bits per heavy atom. The maximum absolute atomic E-state index is 12.5. The van der Waals surface area contributed by atoms with E-state index in [0.717, 1.165) is 0 Å². The van der Waals surface area contributed by atoms with Gasteiger partial charge in [-0.05, 0) is 17.5 Å². The highest BCUT2D eigenvalue weighted by molar-refractivity contribution is 7.93. The van der Waals surface area contributed by atoms with Gasteiger partial charge in [0.05, 0.1) is 17.1 Å². The highest BCUT2D eigenvalue weighted by Crippen LogP contribution is 2.42. The molecule has 0 bridgehead atoms. The van der Waals surface area contributed by atoms with Gasteiger partial charge in [0.25, 0.3) is 10.0 Å². The van der Waals surface area contributed by atoms with Crippen LogP contribution in [0, 0.1) is 0 Å². The summed E-state index contributed by atoms with van der Waals surface area (Å²) in [5.74, 6) is 0. The first-order chi connectivity index (χ1) is 9.73. The maximum Gasteiger partial charge on any atom is 0.416 e. The summed E-state index contributed by atoms with van der Waals surface area (Å²) in [6, 6.07) is 9.24. The molecule has 3 rings (SSSR count). The molecule has 0 aliphatic carbocycles. The molecule has 0 unspecified atom stereocenters. The molecule has 2 aromatic rings. The normalized spacial score (nSPS) is 18.2. The molecule has 2 aromatic carbocycles. The molecule has 112 valence electrons. The highest BCUT2D eigenvalue weighted by atomic mass is 32.2. The standard InChI is InChI=1S/C13H10F3NO3S/c14-13(15,16)11(18)7-17-9-5-1-3-8-4-2-6-10(12(8)9)21(17,19)20/h1-6,11,18H,7H2/t11-/m0/s1. The minimum absolute atomic E-state index is 0.0371. The van der Waals surface area contributed by atoms with Gasteiger partial charge in [-0.1, -0.05) is 24.3 Å². The van der Waals surface area contributed by atoms with Crippen molar-refractivity contribution in [3.05, 3.63) is 36.4 Å². The Hall–Kier alpha value is -1.80. The number of aliphatic hydroxyl groups excluding tert-OH is 1. The van der Waals surface area contributed by atoms with Crippen molar-refractivity contribution < 1.29 is 26.7 Å². The molecule has 0 spiro atoms. The Labute approximate surface area is 118 Å². The molecule has 1 N–H and O–H groups in total. The van der Waals surface area contributed by atoms with Gasteiger partial charge in [-0.2, -0.15) is 13.2 Å². The summed E-state index contributed by atoms with van der Waals surface area (Å²) in [5, 5.41) is 10.2. The van der Waals surface area contributed by atoms with Crippen LogP contribution in [0.25, 0.3) is 10.8 Å². The zero-order chi connectivity index (χ0) is 15.4. The van der Waals surface area contributed by atoms with E-state index in [2.05, 4.69) is 0 Å². The number of halogens is 3. The molecule has 0 fully saturated rings. The number of aliphatic hydroxyl groups is 1. The summed E-state index contributed by atoms with van der Waals surface area (Å²) < 4.78 is 62.9. The van der Waals surface area contributed by atoms with E-state index in [1.807, 2.05) is 0 Å². The molecule has 0 saturated carbocycles. The Balaban J connectivity index is 2.15. The zero-order valence-electron chi connectivity index (χ0n) is 10.5. The van der Waals surface area contributed by atoms with Crippen LogP contribution in [0.5, 0.6) is 0 Å². The predicted molar refractivity (Wildman–Crippen MR) is 70.5 cm³/mol. The number of β-amino-alcohol motifs (C(OH)–C–C–N with tert-alkyl or cyclic N) is 1. The third kappa shape index (κ3) is 2.06. The highest BCUT2D eigenvalue weighted by Gasteiger charge is 2.44. The Morgan fingerprint density at radius 3 is 2.38 bits per heavy atom. The maximum atomic E-state index is 12.5. The average Bonchev–Trinajstić information content (AvgIpc) is 2.62. The number of nitrogens with zero attached hydrogens (tertiary/aromatic N) is 1. The summed E-state index contributed by atoms with van der Waals surface area (Å²) in [7, 11) is -4.08. The first-order valence-electron chi connectivity index (χ1n) is 6.02. The van der Waals surface area contributed by atoms with Gasteiger partial charge in [-0.15, -0.1) is 0 Å². The van der Waals surface area contributed by atoms with Gasteiger partial charge in [-0.25, -0.2) is 8.42 Å². The summed E-state index contributed by atoms with van der Waals surface area (Å²) in [6.07, 6.45) is -7.62. The number of alkyl halides is 3. The fraction of sp³-hybridized carbons (Fsp3) is 0.231. The van der Waals surface area contributed by atoms with Crippen LogP contribution in [-0.2, 0) is 10.0 Å². The molecule has 0 amide bonds. The minimum atomic E-state index is -4.88. The number of hydrogen-bond donors (Lipinski definition) is 1. The van der Waals surface area contributed by atoms with Gasteiger partial charge in [0, 0.05) is 5.39 Å². The van der Waals surface area contributed by atoms with E-state index in [1.54, 1.807) is 18.2 Å². The first kappa shape index (κ1) is 14.2. The molecule has 4 nitrogen and oxygen atoms in total. The predicted octanol–water partition coefficient (Wildman–Crippen LogP) is 2.27. The van der Waals surface area contributed by atoms with Crippen LogP contribution in [0.1, 0.15) is 0 Å². The minimum Gasteiger partial charge on any atom is -0.382 e. The number of rotatable bonds is 2. The molecule has 0 saturated heterocycles. The lowest BCUT2D eigenvalue weighted by Crippen LogP contribution is -2.42. The van der Waals surface area contributed by atoms with E-state index in [4.69, 9.17) is 0 Å². The molecule has 0 radical (unpaired) electrons. The second-order valence-corrected chi connectivity index (χ2v) is 6.56. The monoisotopic (exact) mass is 317 g/mol. The van der Waals surface area contributed by atoms with Crippen molar-refractivity contribution in [3.63, 3.8) is 0 Å². The quantitative estimate of drug-likeness (QED) is 0.924. The fourth-order valence-electron chi connectivity index (χ4n) is 2.42. The molecule has 21 heavy (non-hydrogen) atoms. The van der Waals surface area contributed by atoms with Gasteiger partial charge in [0.15, 0.2) is 6.10 Å². The fourth-order valence-corrected chi connectivity index (χ4v) is 4.13. The number of anilines is 1. The topological polar surface area (TPSA) is 57.6 Å². The lowest BCUT2D eigenvalue weighted by molar-refractivity contribution is -0.199. The van der Waals surface area contributed by atoms with Gasteiger partial charge in [0.2, 0.25) is 0 Å². The van der Waals surface area contributed by atoms with Crippen molar-refractivity contribution in [3.8, 4) is 0 Å². The molecule has 1 aliphatic rings. The van der Waals surface area contributed by atoms with Crippen LogP contribution >= 0.6 is 0 Å². The largest absolute Gasteiger partial charge is 0.416 e. The van der Waals surface area contributed by atoms with Crippen molar-refractivity contribution >= 4 is 26.5 Å². The summed E-state index contributed by atoms with van der Waals surface area (Å²) in [6.45, 7) is -1.06. The van der Waals surface area contributed by atoms with Crippen LogP contribution < -0.4 is 4.31 Å². The van der Waals surface area contributed by atoms with E-state index in [9.17, 15) is 26.7 Å². The summed E-state index contributed by atoms with van der Waals surface area (Å²) in [4.78, 5) is -0.0371. The molecule has 1 heterocycles. The van der Waals surface area contributed by atoms with Gasteiger partial charge in [0.1, 0.15) is 0 Å². The van der Waals surface area contributed by atoms with Crippen LogP contribution in [-0.4, -0.2) is 32.3 Å². The Kier molecular flexibility index (Phi) is 2.93. The molecule has 1 aliphatic heterocycles. The van der Waals surface area contributed by atoms with Gasteiger partial charge >= 0.3 is 6.18 Å². The smallest absolute Gasteiger partial charge is 0.382 e. The second kappa shape index (κ2) is 4.35. The lowest BCUT2D eigenvalue weighted by Gasteiger charge is -2.23. The first-order valence-corrected chi connectivity index (χ1v) is 7.46.